The number of benzene rings is 3. The molecule has 0 heterocycles. The first-order valence-corrected chi connectivity index (χ1v) is 13.2. The Balaban J connectivity index is 2.08. The summed E-state index contributed by atoms with van der Waals surface area (Å²) in [6.07, 6.45) is -18.5. The third kappa shape index (κ3) is 7.84. The van der Waals surface area contributed by atoms with Gasteiger partial charge in [0.1, 0.15) is 5.75 Å². The van der Waals surface area contributed by atoms with E-state index in [4.69, 9.17) is 0 Å². The zero-order valence-corrected chi connectivity index (χ0v) is 24.4. The molecule has 1 N–H and O–H groups in total. The van der Waals surface area contributed by atoms with Crippen molar-refractivity contribution in [1.82, 2.24) is 0 Å². The van der Waals surface area contributed by atoms with Gasteiger partial charge in [0.2, 0.25) is 0 Å². The van der Waals surface area contributed by atoms with Crippen LogP contribution in [0.25, 0.3) is 0 Å². The Morgan fingerprint density at radius 3 is 1.96 bits per heavy atom. The largest absolute Gasteiger partial charge is 0.573 e. The minimum atomic E-state index is -6.65. The van der Waals surface area contributed by atoms with Crippen LogP contribution in [0.1, 0.15) is 33.2 Å². The van der Waals surface area contributed by atoms with Gasteiger partial charge >= 0.3 is 31.0 Å². The number of carbonyl (C=O) groups excluding carboxylic acids is 2. The highest BCUT2D eigenvalue weighted by atomic mass is 79.9. The van der Waals surface area contributed by atoms with Gasteiger partial charge in [-0.25, -0.2) is 8.78 Å². The van der Waals surface area contributed by atoms with Crippen LogP contribution in [0.2, 0.25) is 0 Å². The minimum absolute atomic E-state index is 0.125. The number of nitrogens with zero attached hydrogens (tertiary/aromatic N) is 1. The molecule has 0 bridgehead atoms. The van der Waals surface area contributed by atoms with Crippen LogP contribution in [-0.4, -0.2) is 43.7 Å². The summed E-state index contributed by atoms with van der Waals surface area (Å²) in [7, 11) is 0. The molecular formula is C27H16BrF13N2O4. The smallest absolute Gasteiger partial charge is 0.433 e. The van der Waals surface area contributed by atoms with Crippen LogP contribution in [0.4, 0.5) is 68.5 Å². The Bertz CT molecular complexity index is 1630. The third-order valence-electron chi connectivity index (χ3n) is 6.11. The van der Waals surface area contributed by atoms with E-state index in [9.17, 15) is 62.3 Å². The predicted molar refractivity (Wildman–Crippen MR) is 140 cm³/mol. The van der Waals surface area contributed by atoms with Crippen molar-refractivity contribution in [2.75, 3.05) is 16.8 Å². The molecule has 47 heavy (non-hydrogen) atoms. The van der Waals surface area contributed by atoms with Gasteiger partial charge in [-0.2, -0.15) is 35.1 Å². The monoisotopic (exact) mass is 758 g/mol. The lowest BCUT2D eigenvalue weighted by atomic mass is 9.93. The number of carbonyl (C=O) groups is 2. The van der Waals surface area contributed by atoms with E-state index in [1.165, 1.54) is 13.0 Å². The molecule has 3 rings (SSSR count). The predicted octanol–water partition coefficient (Wildman–Crippen LogP) is 9.30. The lowest BCUT2D eigenvalue weighted by Crippen LogP contribution is -2.50. The third-order valence-corrected chi connectivity index (χ3v) is 6.73. The van der Waals surface area contributed by atoms with E-state index < -0.39 is 105 Å². The molecule has 0 unspecified atom stereocenters. The highest BCUT2D eigenvalue weighted by Crippen LogP contribution is 2.55. The number of amides is 2. The molecule has 0 aromatic heterocycles. The Labute approximate surface area is 263 Å². The van der Waals surface area contributed by atoms with Crippen LogP contribution in [0.3, 0.4) is 0 Å². The summed E-state index contributed by atoms with van der Waals surface area (Å²) in [6, 6.07) is 6.13. The van der Waals surface area contributed by atoms with Gasteiger partial charge in [0.25, 0.3) is 11.8 Å². The van der Waals surface area contributed by atoms with Crippen molar-refractivity contribution in [3.8, 4) is 11.5 Å². The fourth-order valence-corrected chi connectivity index (χ4v) is 4.63. The van der Waals surface area contributed by atoms with E-state index in [1.807, 2.05) is 0 Å². The number of halogens is 14. The van der Waals surface area contributed by atoms with Crippen molar-refractivity contribution in [3.63, 3.8) is 0 Å². The summed E-state index contributed by atoms with van der Waals surface area (Å²) in [5.41, 5.74) is -11.8. The van der Waals surface area contributed by atoms with Gasteiger partial charge in [-0.3, -0.25) is 9.59 Å². The Morgan fingerprint density at radius 1 is 0.851 bits per heavy atom. The molecule has 0 aliphatic rings. The van der Waals surface area contributed by atoms with Gasteiger partial charge in [-0.15, -0.1) is 13.2 Å². The van der Waals surface area contributed by atoms with Crippen LogP contribution >= 0.6 is 15.9 Å². The van der Waals surface area contributed by atoms with Crippen molar-refractivity contribution in [2.45, 2.75) is 37.9 Å². The number of hydrogen-bond acceptors (Lipinski definition) is 4. The molecule has 256 valence electrons. The summed E-state index contributed by atoms with van der Waals surface area (Å²) < 4.78 is 182. The van der Waals surface area contributed by atoms with Crippen LogP contribution < -0.4 is 19.7 Å². The lowest BCUT2D eigenvalue weighted by Gasteiger charge is -2.31. The van der Waals surface area contributed by atoms with Gasteiger partial charge in [0.05, 0.1) is 22.5 Å². The van der Waals surface area contributed by atoms with Crippen molar-refractivity contribution in [2.24, 2.45) is 0 Å². The van der Waals surface area contributed by atoms with E-state index in [1.54, 1.807) is 5.32 Å². The van der Waals surface area contributed by atoms with E-state index in [-0.39, 0.29) is 6.07 Å². The number of para-hydroxylation sites is 1. The average Bonchev–Trinajstić information content (AvgIpc) is 2.93. The quantitative estimate of drug-likeness (QED) is 0.221. The van der Waals surface area contributed by atoms with Crippen LogP contribution in [0, 0.1) is 5.82 Å². The van der Waals surface area contributed by atoms with E-state index in [0.29, 0.717) is 4.90 Å². The van der Waals surface area contributed by atoms with Crippen LogP contribution in [-0.2, 0) is 5.67 Å². The van der Waals surface area contributed by atoms with Gasteiger partial charge in [-0.1, -0.05) is 18.2 Å². The van der Waals surface area contributed by atoms with Crippen molar-refractivity contribution in [1.29, 1.82) is 0 Å². The maximum absolute atomic E-state index is 15.7. The summed E-state index contributed by atoms with van der Waals surface area (Å²) in [5.74, 6) is -6.92. The molecule has 0 saturated carbocycles. The fourth-order valence-electron chi connectivity index (χ4n) is 4.09. The second kappa shape index (κ2) is 13.5. The molecule has 3 aromatic carbocycles. The summed E-state index contributed by atoms with van der Waals surface area (Å²) in [5, 5.41) is 1.76. The zero-order chi connectivity index (χ0) is 35.7. The van der Waals surface area contributed by atoms with Crippen molar-refractivity contribution in [3.05, 3.63) is 81.6 Å². The zero-order valence-electron chi connectivity index (χ0n) is 22.9. The van der Waals surface area contributed by atoms with Gasteiger partial charge in [0, 0.05) is 16.6 Å². The molecule has 0 spiro atoms. The Morgan fingerprint density at radius 2 is 1.43 bits per heavy atom. The molecule has 2 amide bonds. The first kappa shape index (κ1) is 37.2. The molecule has 0 aliphatic carbocycles. The highest BCUT2D eigenvalue weighted by molar-refractivity contribution is 9.10. The topological polar surface area (TPSA) is 67.9 Å². The molecule has 0 saturated heterocycles. The van der Waals surface area contributed by atoms with E-state index >= 15 is 4.39 Å². The number of hydrogen-bond donors (Lipinski definition) is 1. The first-order valence-electron chi connectivity index (χ1n) is 12.4. The number of rotatable bonds is 9. The van der Waals surface area contributed by atoms with Crippen molar-refractivity contribution >= 4 is 39.1 Å². The Kier molecular flexibility index (Phi) is 10.7. The molecule has 3 aromatic rings. The van der Waals surface area contributed by atoms with Gasteiger partial charge in [0.15, 0.2) is 11.6 Å². The molecule has 6 nitrogen and oxygen atoms in total. The van der Waals surface area contributed by atoms with E-state index in [0.717, 1.165) is 36.4 Å². The molecular weight excluding hydrogens is 743 g/mol. The number of alkyl halides is 12. The van der Waals surface area contributed by atoms with Crippen LogP contribution in [0.15, 0.2) is 59.1 Å². The minimum Gasteiger partial charge on any atom is -0.433 e. The SMILES string of the molecule is CCN(C(=O)c1ccccc1OC(F)(F)F)c1cccc(C(=O)Nc2c(Br)cc(C(F)(C(F)(F)F)C(F)(F)F)cc2OC(F)F)c1F. The number of nitrogens with one attached hydrogen (secondary N) is 1. The second-order valence-electron chi connectivity index (χ2n) is 9.05. The number of ether oxygens (including phenoxy) is 2. The summed E-state index contributed by atoms with van der Waals surface area (Å²) >= 11 is 2.48. The standard InChI is InChI=1S/C27H16BrF13N2O4/c1-2-43(22(45)13-6-3-4-9-17(13)47-27(39,40)41)16-8-5-7-14(19(16)29)21(44)42-20-15(28)10-12(11-18(20)46-23(30)31)24(32,25(33,34)35)26(36,37)38/h3-11,23H,2H2,1H3,(H,42,44). The van der Waals surface area contributed by atoms with E-state index in [2.05, 4.69) is 25.4 Å². The fraction of sp³-hybridized carbons (Fsp3) is 0.259. The summed E-state index contributed by atoms with van der Waals surface area (Å²) in [4.78, 5) is 26.8. The maximum atomic E-state index is 15.7. The molecule has 0 fully saturated rings. The average molecular weight is 759 g/mol. The normalized spacial score (nSPS) is 12.6. The molecule has 0 radical (unpaired) electrons. The van der Waals surface area contributed by atoms with Gasteiger partial charge in [-0.05, 0) is 59.3 Å². The molecule has 0 aliphatic heterocycles. The summed E-state index contributed by atoms with van der Waals surface area (Å²) in [6.45, 7) is -3.08. The molecule has 0 atom stereocenters. The molecule has 20 heteroatoms. The number of anilines is 2. The van der Waals surface area contributed by atoms with Crippen LogP contribution in [0.5, 0.6) is 11.5 Å². The Hall–Kier alpha value is -4.23. The highest BCUT2D eigenvalue weighted by Gasteiger charge is 2.73. The maximum Gasteiger partial charge on any atom is 0.573 e. The van der Waals surface area contributed by atoms with Crippen molar-refractivity contribution < 1.29 is 76.1 Å². The van der Waals surface area contributed by atoms with Gasteiger partial charge < -0.3 is 19.7 Å². The lowest BCUT2D eigenvalue weighted by molar-refractivity contribution is -0.348. The first-order chi connectivity index (χ1) is 21.5. The second-order valence-corrected chi connectivity index (χ2v) is 9.90.